The molecule has 0 aromatic carbocycles. The van der Waals surface area contributed by atoms with Crippen LogP contribution in [0.1, 0.15) is 42.5 Å². The van der Waals surface area contributed by atoms with E-state index in [2.05, 4.69) is 16.8 Å². The van der Waals surface area contributed by atoms with Gasteiger partial charge in [-0.2, -0.15) is 0 Å². The van der Waals surface area contributed by atoms with Crippen LogP contribution in [0.5, 0.6) is 5.75 Å². The molecule has 4 heteroatoms. The fraction of sp³-hybridized carbons (Fsp3) is 0.688. The zero-order chi connectivity index (χ0) is 14.3. The average Bonchev–Trinajstić information content (AvgIpc) is 2.65. The van der Waals surface area contributed by atoms with Crippen molar-refractivity contribution in [1.29, 1.82) is 0 Å². The highest BCUT2D eigenvalue weighted by molar-refractivity contribution is 5.41. The van der Waals surface area contributed by atoms with Crippen molar-refractivity contribution in [2.75, 3.05) is 7.11 Å². The highest BCUT2D eigenvalue weighted by Crippen LogP contribution is 2.37. The third kappa shape index (κ3) is 2.31. The van der Waals surface area contributed by atoms with Gasteiger partial charge in [-0.15, -0.1) is 0 Å². The smallest absolute Gasteiger partial charge is 0.128 e. The molecule has 0 amide bonds. The Morgan fingerprint density at radius 2 is 1.95 bits per heavy atom. The van der Waals surface area contributed by atoms with E-state index in [0.29, 0.717) is 18.1 Å². The number of aryl methyl sites for hydroxylation is 1. The Morgan fingerprint density at radius 1 is 1.30 bits per heavy atom. The number of nitrogens with zero attached hydrogens (tertiary/aromatic N) is 2. The fourth-order valence-corrected chi connectivity index (χ4v) is 3.98. The number of aromatic nitrogens is 1. The van der Waals surface area contributed by atoms with Gasteiger partial charge in [0.05, 0.1) is 12.8 Å². The lowest BCUT2D eigenvalue weighted by Crippen LogP contribution is -2.47. The Balaban J connectivity index is 1.82. The van der Waals surface area contributed by atoms with Crippen LogP contribution >= 0.6 is 0 Å². The summed E-state index contributed by atoms with van der Waals surface area (Å²) in [6.07, 6.45) is 6.79. The minimum atomic E-state index is 0.394. The third-order valence-electron chi connectivity index (χ3n) is 5.00. The Hall–Kier alpha value is -1.13. The van der Waals surface area contributed by atoms with Crippen LogP contribution in [0.15, 0.2) is 6.20 Å². The summed E-state index contributed by atoms with van der Waals surface area (Å²) in [5.74, 6) is 0.982. The van der Waals surface area contributed by atoms with Crippen molar-refractivity contribution in [3.8, 4) is 5.75 Å². The standard InChI is InChI=1S/C16H25N3O/c1-10-8-18-15(11(2)16(10)20-3)9-19-13-4-5-14(19)7-12(17)6-13/h8,12-14H,4-7,9,17H2,1-3H3. The van der Waals surface area contributed by atoms with Gasteiger partial charge in [0.1, 0.15) is 5.75 Å². The van der Waals surface area contributed by atoms with E-state index in [1.807, 2.05) is 13.1 Å². The Kier molecular flexibility index (Phi) is 3.69. The van der Waals surface area contributed by atoms with Crippen LogP contribution in [0.3, 0.4) is 0 Å². The molecule has 0 radical (unpaired) electrons. The summed E-state index contributed by atoms with van der Waals surface area (Å²) in [6, 6.07) is 1.69. The van der Waals surface area contributed by atoms with Gasteiger partial charge in [-0.25, -0.2) is 0 Å². The van der Waals surface area contributed by atoms with Gasteiger partial charge >= 0.3 is 0 Å². The molecule has 1 aromatic heterocycles. The number of ether oxygens (including phenoxy) is 1. The Labute approximate surface area is 121 Å². The van der Waals surface area contributed by atoms with Crippen LogP contribution in [-0.2, 0) is 6.54 Å². The first-order chi connectivity index (χ1) is 9.60. The monoisotopic (exact) mass is 275 g/mol. The molecule has 0 aliphatic carbocycles. The number of hydrogen-bond donors (Lipinski definition) is 1. The topological polar surface area (TPSA) is 51.4 Å². The molecule has 20 heavy (non-hydrogen) atoms. The Bertz CT molecular complexity index is 489. The van der Waals surface area contributed by atoms with Crippen LogP contribution in [0.2, 0.25) is 0 Å². The van der Waals surface area contributed by atoms with Gasteiger partial charge in [-0.1, -0.05) is 0 Å². The first-order valence-electron chi connectivity index (χ1n) is 7.60. The summed E-state index contributed by atoms with van der Waals surface area (Å²) in [5, 5.41) is 0. The second-order valence-electron chi connectivity index (χ2n) is 6.33. The fourth-order valence-electron chi connectivity index (χ4n) is 3.98. The number of nitrogens with two attached hydrogens (primary N) is 1. The van der Waals surface area contributed by atoms with E-state index in [1.165, 1.54) is 18.4 Å². The summed E-state index contributed by atoms with van der Waals surface area (Å²) in [6.45, 7) is 5.10. The van der Waals surface area contributed by atoms with Crippen molar-refractivity contribution in [3.63, 3.8) is 0 Å². The van der Waals surface area contributed by atoms with E-state index in [9.17, 15) is 0 Å². The Morgan fingerprint density at radius 3 is 2.55 bits per heavy atom. The van der Waals surface area contributed by atoms with Gasteiger partial charge in [-0.3, -0.25) is 9.88 Å². The van der Waals surface area contributed by atoms with Gasteiger partial charge in [0.2, 0.25) is 0 Å². The molecule has 3 heterocycles. The number of methoxy groups -OCH3 is 1. The second-order valence-corrected chi connectivity index (χ2v) is 6.33. The zero-order valence-electron chi connectivity index (χ0n) is 12.7. The number of pyridine rings is 1. The predicted molar refractivity (Wildman–Crippen MR) is 79.8 cm³/mol. The molecule has 110 valence electrons. The van der Waals surface area contributed by atoms with Gasteiger partial charge in [0.25, 0.3) is 0 Å². The molecular formula is C16H25N3O. The molecule has 2 fully saturated rings. The van der Waals surface area contributed by atoms with Crippen molar-refractivity contribution in [3.05, 3.63) is 23.0 Å². The summed E-state index contributed by atoms with van der Waals surface area (Å²) < 4.78 is 5.51. The van der Waals surface area contributed by atoms with E-state index in [-0.39, 0.29) is 0 Å². The molecule has 2 aliphatic rings. The molecular weight excluding hydrogens is 250 g/mol. The lowest BCUT2D eigenvalue weighted by Gasteiger charge is -2.37. The van der Waals surface area contributed by atoms with Crippen LogP contribution in [0.25, 0.3) is 0 Å². The second kappa shape index (κ2) is 5.34. The van der Waals surface area contributed by atoms with E-state index in [4.69, 9.17) is 10.5 Å². The van der Waals surface area contributed by atoms with Crippen molar-refractivity contribution in [1.82, 2.24) is 9.88 Å². The quantitative estimate of drug-likeness (QED) is 0.918. The van der Waals surface area contributed by atoms with E-state index in [0.717, 1.165) is 36.4 Å². The van der Waals surface area contributed by atoms with Crippen molar-refractivity contribution in [2.45, 2.75) is 64.2 Å². The third-order valence-corrected chi connectivity index (χ3v) is 5.00. The number of rotatable bonds is 3. The van der Waals surface area contributed by atoms with Crippen LogP contribution in [0.4, 0.5) is 0 Å². The van der Waals surface area contributed by atoms with E-state index < -0.39 is 0 Å². The highest BCUT2D eigenvalue weighted by Gasteiger charge is 2.39. The molecule has 2 unspecified atom stereocenters. The van der Waals surface area contributed by atoms with Crippen LogP contribution in [-0.4, -0.2) is 35.1 Å². The maximum atomic E-state index is 6.14. The number of hydrogen-bond acceptors (Lipinski definition) is 4. The molecule has 2 saturated heterocycles. The molecule has 2 bridgehead atoms. The molecule has 2 atom stereocenters. The summed E-state index contributed by atoms with van der Waals surface area (Å²) in [5.41, 5.74) is 9.59. The van der Waals surface area contributed by atoms with Crippen molar-refractivity contribution < 1.29 is 4.74 Å². The van der Waals surface area contributed by atoms with E-state index in [1.54, 1.807) is 7.11 Å². The molecule has 0 saturated carbocycles. The van der Waals surface area contributed by atoms with Crippen molar-refractivity contribution >= 4 is 0 Å². The summed E-state index contributed by atoms with van der Waals surface area (Å²) in [7, 11) is 1.74. The molecule has 3 rings (SSSR count). The molecule has 2 aliphatic heterocycles. The summed E-state index contributed by atoms with van der Waals surface area (Å²) >= 11 is 0. The minimum Gasteiger partial charge on any atom is -0.496 e. The molecule has 2 N–H and O–H groups in total. The summed E-state index contributed by atoms with van der Waals surface area (Å²) in [4.78, 5) is 7.26. The lowest BCUT2D eigenvalue weighted by molar-refractivity contribution is 0.118. The number of fused-ring (bicyclic) bond motifs is 2. The van der Waals surface area contributed by atoms with Gasteiger partial charge < -0.3 is 10.5 Å². The zero-order valence-corrected chi connectivity index (χ0v) is 12.7. The first-order valence-corrected chi connectivity index (χ1v) is 7.60. The highest BCUT2D eigenvalue weighted by atomic mass is 16.5. The van der Waals surface area contributed by atoms with Crippen LogP contribution < -0.4 is 10.5 Å². The molecule has 0 spiro atoms. The van der Waals surface area contributed by atoms with Gasteiger partial charge in [-0.05, 0) is 39.5 Å². The first kappa shape index (κ1) is 13.8. The average molecular weight is 275 g/mol. The number of piperidine rings is 1. The van der Waals surface area contributed by atoms with E-state index >= 15 is 0 Å². The molecule has 4 nitrogen and oxygen atoms in total. The van der Waals surface area contributed by atoms with Crippen molar-refractivity contribution in [2.24, 2.45) is 5.73 Å². The SMILES string of the molecule is COc1c(C)cnc(CN2C3CCC2CC(N)C3)c1C. The van der Waals surface area contributed by atoms with Crippen LogP contribution in [0, 0.1) is 13.8 Å². The predicted octanol–water partition coefficient (Wildman–Crippen LogP) is 2.16. The minimum absolute atomic E-state index is 0.394. The van der Waals surface area contributed by atoms with Gasteiger partial charge in [0.15, 0.2) is 0 Å². The lowest BCUT2D eigenvalue weighted by atomic mass is 9.97. The van der Waals surface area contributed by atoms with Gasteiger partial charge in [0, 0.05) is 42.0 Å². The molecule has 1 aromatic rings. The maximum absolute atomic E-state index is 6.14. The largest absolute Gasteiger partial charge is 0.496 e. The maximum Gasteiger partial charge on any atom is 0.128 e. The normalized spacial score (nSPS) is 29.7.